The normalized spacial score (nSPS) is 20.9. The van der Waals surface area contributed by atoms with E-state index in [1.807, 2.05) is 30.6 Å². The van der Waals surface area contributed by atoms with Crippen LogP contribution in [0, 0.1) is 28.6 Å². The van der Waals surface area contributed by atoms with Gasteiger partial charge in [0.25, 0.3) is 0 Å². The second kappa shape index (κ2) is 15.8. The molecule has 0 aromatic carbocycles. The van der Waals surface area contributed by atoms with Crippen LogP contribution in [0.3, 0.4) is 0 Å². The Labute approximate surface area is 329 Å². The Hall–Kier alpha value is -6.66. The molecule has 18 nitrogen and oxygen atoms in total. The van der Waals surface area contributed by atoms with E-state index >= 15 is 0 Å². The number of nitrogens with one attached hydrogen (secondary N) is 2. The van der Waals surface area contributed by atoms with Crippen LogP contribution in [0.25, 0.3) is 22.5 Å². The van der Waals surface area contributed by atoms with Crippen LogP contribution in [-0.4, -0.2) is 101 Å². The second-order valence-electron chi connectivity index (χ2n) is 15.1. The van der Waals surface area contributed by atoms with Crippen molar-refractivity contribution in [2.45, 2.75) is 70.4 Å². The highest BCUT2D eigenvalue weighted by Gasteiger charge is 2.29. The van der Waals surface area contributed by atoms with E-state index in [4.69, 9.17) is 5.73 Å². The predicted octanol–water partition coefficient (Wildman–Crippen LogP) is 3.89. The average molecular weight is 769 g/mol. The Balaban J connectivity index is 0.854. The van der Waals surface area contributed by atoms with E-state index in [0.29, 0.717) is 58.5 Å². The highest BCUT2D eigenvalue weighted by atomic mass is 16.2. The van der Waals surface area contributed by atoms with Crippen molar-refractivity contribution >= 4 is 46.0 Å². The lowest BCUT2D eigenvalue weighted by molar-refractivity contribution is -0.120. The summed E-state index contributed by atoms with van der Waals surface area (Å²) in [5.74, 6) is 1.85. The number of carbonyl (C=O) groups is 2. The number of carbonyl (C=O) groups excluding carboxylic acids is 2. The highest BCUT2D eigenvalue weighted by Crippen LogP contribution is 2.37. The van der Waals surface area contributed by atoms with Crippen molar-refractivity contribution in [1.29, 1.82) is 10.5 Å². The number of hydrogen-bond donors (Lipinski definition) is 3. The Morgan fingerprint density at radius 1 is 1.04 bits per heavy atom. The zero-order chi connectivity index (χ0) is 39.6. The van der Waals surface area contributed by atoms with E-state index in [9.17, 15) is 20.1 Å². The summed E-state index contributed by atoms with van der Waals surface area (Å²) in [6.45, 7) is 8.29. The number of fused-ring (bicyclic) bond motifs is 1. The Kier molecular flexibility index (Phi) is 10.4. The number of amides is 3. The third kappa shape index (κ3) is 7.76. The molecule has 4 N–H and O–H groups in total. The number of nitrogens with zero attached hydrogens (tertiary/aromatic N) is 13. The molecular weight excluding hydrogens is 725 g/mol. The molecule has 1 saturated carbocycles. The molecule has 2 atom stereocenters. The zero-order valence-electron chi connectivity index (χ0n) is 31.9. The van der Waals surface area contributed by atoms with E-state index in [-0.39, 0.29) is 23.7 Å². The van der Waals surface area contributed by atoms with Crippen molar-refractivity contribution in [3.05, 3.63) is 60.3 Å². The van der Waals surface area contributed by atoms with Crippen molar-refractivity contribution in [3.63, 3.8) is 0 Å². The molecule has 1 aliphatic carbocycles. The minimum Gasteiger partial charge on any atom is -0.383 e. The number of pyridine rings is 3. The topological polar surface area (TPSA) is 229 Å². The second-order valence-corrected chi connectivity index (χ2v) is 15.1. The largest absolute Gasteiger partial charge is 0.383 e. The summed E-state index contributed by atoms with van der Waals surface area (Å²) in [7, 11) is 0. The molecule has 0 unspecified atom stereocenters. The number of rotatable bonds is 10. The maximum atomic E-state index is 12.2. The van der Waals surface area contributed by atoms with Crippen molar-refractivity contribution in [2.24, 2.45) is 5.92 Å². The molecule has 292 valence electrons. The molecule has 0 spiro atoms. The number of urea groups is 1. The maximum Gasteiger partial charge on any atom is 0.329 e. The SMILES string of the molecule is C[C@H](C#N)Nc1cc(-n2ncc3cc(C#N)c(N)nc32)ncc1-n1cc(C2CCC(CCN3CCN(c4ccc(N5CCC(=O)NC5=O)nc4)[C@H](C)C3)CC2)nn1. The molecule has 5 aromatic rings. The van der Waals surface area contributed by atoms with Crippen LogP contribution in [0.4, 0.5) is 27.8 Å². The van der Waals surface area contributed by atoms with Gasteiger partial charge in [-0.3, -0.25) is 19.9 Å². The molecule has 0 bridgehead atoms. The highest BCUT2D eigenvalue weighted by molar-refractivity contribution is 6.05. The lowest BCUT2D eigenvalue weighted by Gasteiger charge is -2.42. The fraction of sp³-hybridized carbons (Fsp3) is 0.436. The van der Waals surface area contributed by atoms with Crippen molar-refractivity contribution in [3.8, 4) is 23.6 Å². The average Bonchev–Trinajstić information content (AvgIpc) is 3.88. The molecule has 18 heteroatoms. The van der Waals surface area contributed by atoms with Gasteiger partial charge in [-0.1, -0.05) is 5.21 Å². The van der Waals surface area contributed by atoms with E-state index in [1.165, 1.54) is 11.3 Å². The van der Waals surface area contributed by atoms with Gasteiger partial charge in [0.15, 0.2) is 11.5 Å². The van der Waals surface area contributed by atoms with Crippen LogP contribution >= 0.6 is 0 Å². The van der Waals surface area contributed by atoms with Gasteiger partial charge in [0.2, 0.25) is 5.91 Å². The van der Waals surface area contributed by atoms with Crippen LogP contribution in [0.15, 0.2) is 49.1 Å². The zero-order valence-corrected chi connectivity index (χ0v) is 31.9. The van der Waals surface area contributed by atoms with Gasteiger partial charge in [-0.05, 0) is 76.6 Å². The first-order valence-corrected chi connectivity index (χ1v) is 19.4. The number of imide groups is 1. The summed E-state index contributed by atoms with van der Waals surface area (Å²) in [5.41, 5.74) is 10.0. The number of nitrogen functional groups attached to an aromatic ring is 1. The number of anilines is 4. The van der Waals surface area contributed by atoms with Gasteiger partial charge < -0.3 is 16.0 Å². The van der Waals surface area contributed by atoms with Crippen LogP contribution in [0.1, 0.15) is 69.5 Å². The molecule has 0 radical (unpaired) electrons. The minimum atomic E-state index is -0.493. The molecule has 3 aliphatic rings. The van der Waals surface area contributed by atoms with Crippen molar-refractivity contribution in [1.82, 2.24) is 49.9 Å². The minimum absolute atomic E-state index is 0.111. The number of nitriles is 2. The molecule has 8 rings (SSSR count). The van der Waals surface area contributed by atoms with Gasteiger partial charge in [-0.15, -0.1) is 5.10 Å². The Morgan fingerprint density at radius 3 is 2.60 bits per heavy atom. The quantitative estimate of drug-likeness (QED) is 0.183. The van der Waals surface area contributed by atoms with Crippen molar-refractivity contribution < 1.29 is 9.59 Å². The number of hydrogen-bond acceptors (Lipinski definition) is 14. The maximum absolute atomic E-state index is 12.2. The Bertz CT molecular complexity index is 2370. The van der Waals surface area contributed by atoms with Crippen molar-refractivity contribution in [2.75, 3.05) is 53.6 Å². The summed E-state index contributed by atoms with van der Waals surface area (Å²) in [6, 6.07) is 11.0. The monoisotopic (exact) mass is 768 g/mol. The lowest BCUT2D eigenvalue weighted by atomic mass is 9.79. The molecule has 2 aliphatic heterocycles. The van der Waals surface area contributed by atoms with Gasteiger partial charge in [0.1, 0.15) is 29.4 Å². The predicted molar refractivity (Wildman–Crippen MR) is 212 cm³/mol. The number of nitrogens with two attached hydrogens (primary N) is 1. The fourth-order valence-corrected chi connectivity index (χ4v) is 8.15. The molecule has 3 amide bonds. The summed E-state index contributed by atoms with van der Waals surface area (Å²) < 4.78 is 3.26. The first-order valence-electron chi connectivity index (χ1n) is 19.4. The number of piperazine rings is 1. The fourth-order valence-electron chi connectivity index (χ4n) is 8.15. The van der Waals surface area contributed by atoms with Crippen LogP contribution in [0.2, 0.25) is 0 Å². The number of aromatic nitrogens is 8. The summed E-state index contributed by atoms with van der Waals surface area (Å²) in [5, 5.41) is 38.7. The third-order valence-electron chi connectivity index (χ3n) is 11.3. The molecule has 7 heterocycles. The summed E-state index contributed by atoms with van der Waals surface area (Å²) in [6.07, 6.45) is 12.9. The first kappa shape index (κ1) is 37.3. The molecule has 3 fully saturated rings. The van der Waals surface area contributed by atoms with Crippen LogP contribution in [-0.2, 0) is 4.79 Å². The molecule has 57 heavy (non-hydrogen) atoms. The standard InChI is InChI=1S/C39H44N16O2/c1-24(17-40)46-31-16-35(55-38-29(19-45-55)15-28(18-41)37(42)48-38)44-21-33(31)54-23-32(49-50-54)27-5-3-26(4-6-27)9-11-51-13-14-52(25(2)22-51)30-7-8-34(43-20-30)53-12-10-36(56)47-39(53)57/h7-8,15-16,19-21,23-27H,3-6,9-14,22H2,1-2H3,(H2,42,48)(H,44,46)(H,47,56,57)/t24-,25-,26?,27?/m1/s1. The summed E-state index contributed by atoms with van der Waals surface area (Å²) in [4.78, 5) is 43.8. The Morgan fingerprint density at radius 2 is 1.86 bits per heavy atom. The molecular formula is C39H44N16O2. The van der Waals surface area contributed by atoms with Gasteiger partial charge in [0.05, 0.1) is 53.5 Å². The summed E-state index contributed by atoms with van der Waals surface area (Å²) >= 11 is 0. The third-order valence-corrected chi connectivity index (χ3v) is 11.3. The van der Waals surface area contributed by atoms with Gasteiger partial charge >= 0.3 is 6.03 Å². The van der Waals surface area contributed by atoms with E-state index in [0.717, 1.165) is 63.2 Å². The van der Waals surface area contributed by atoms with Gasteiger partial charge in [-0.25, -0.2) is 24.4 Å². The molecule has 5 aromatic heterocycles. The van der Waals surface area contributed by atoms with Gasteiger partial charge in [0, 0.05) is 56.0 Å². The van der Waals surface area contributed by atoms with E-state index in [1.54, 1.807) is 40.8 Å². The van der Waals surface area contributed by atoms with E-state index in [2.05, 4.69) is 63.8 Å². The first-order chi connectivity index (χ1) is 27.7. The lowest BCUT2D eigenvalue weighted by Crippen LogP contribution is -2.52. The van der Waals surface area contributed by atoms with Gasteiger partial charge in [-0.2, -0.15) is 20.3 Å². The van der Waals surface area contributed by atoms with Crippen LogP contribution < -0.4 is 26.2 Å². The van der Waals surface area contributed by atoms with E-state index < -0.39 is 12.1 Å². The van der Waals surface area contributed by atoms with Crippen LogP contribution in [0.5, 0.6) is 0 Å². The molecule has 2 saturated heterocycles. The smallest absolute Gasteiger partial charge is 0.329 e.